The van der Waals surface area contributed by atoms with Crippen LogP contribution in [-0.2, 0) is 0 Å². The number of rotatable bonds is 3. The molecule has 0 radical (unpaired) electrons. The van der Waals surface area contributed by atoms with Gasteiger partial charge in [-0.3, -0.25) is 4.98 Å². The zero-order valence-electron chi connectivity index (χ0n) is 12.4. The Bertz CT molecular complexity index is 826. The molecule has 0 spiro atoms. The summed E-state index contributed by atoms with van der Waals surface area (Å²) in [6.45, 7) is 1.98. The number of halogens is 1. The molecule has 0 bridgehead atoms. The molecule has 3 aromatic heterocycles. The van der Waals surface area contributed by atoms with E-state index in [9.17, 15) is 0 Å². The van der Waals surface area contributed by atoms with Gasteiger partial charge in [-0.25, -0.2) is 14.5 Å². The van der Waals surface area contributed by atoms with Gasteiger partial charge in [0, 0.05) is 25.0 Å². The summed E-state index contributed by atoms with van der Waals surface area (Å²) in [6, 6.07) is 0.328. The zero-order valence-corrected chi connectivity index (χ0v) is 13.2. The van der Waals surface area contributed by atoms with Gasteiger partial charge in [0.15, 0.2) is 5.82 Å². The van der Waals surface area contributed by atoms with Crippen LogP contribution < -0.4 is 10.6 Å². The molecule has 1 atom stereocenters. The molecule has 0 saturated carbocycles. The largest absolute Gasteiger partial charge is 0.365 e. The summed E-state index contributed by atoms with van der Waals surface area (Å²) >= 11 is 6.25. The van der Waals surface area contributed by atoms with Gasteiger partial charge in [-0.1, -0.05) is 11.6 Å². The van der Waals surface area contributed by atoms with E-state index in [0.29, 0.717) is 22.7 Å². The first kappa shape index (κ1) is 14.3. The maximum atomic E-state index is 6.25. The van der Waals surface area contributed by atoms with Gasteiger partial charge in [0.25, 0.3) is 0 Å². The fraction of sp³-hybridized carbons (Fsp3) is 0.333. The number of piperidine rings is 1. The van der Waals surface area contributed by atoms with Gasteiger partial charge < -0.3 is 10.6 Å². The van der Waals surface area contributed by atoms with Gasteiger partial charge in [0.1, 0.15) is 10.8 Å². The molecule has 4 heterocycles. The lowest BCUT2D eigenvalue weighted by Gasteiger charge is -2.24. The summed E-state index contributed by atoms with van der Waals surface area (Å²) in [6.07, 6.45) is 10.8. The fourth-order valence-corrected chi connectivity index (χ4v) is 2.92. The number of nitrogens with one attached hydrogen (secondary N) is 2. The van der Waals surface area contributed by atoms with E-state index in [1.165, 1.54) is 0 Å². The van der Waals surface area contributed by atoms with Gasteiger partial charge in [0.2, 0.25) is 0 Å². The highest BCUT2D eigenvalue weighted by Gasteiger charge is 2.17. The average Bonchev–Trinajstić information content (AvgIpc) is 3.02. The van der Waals surface area contributed by atoms with Crippen molar-refractivity contribution in [1.29, 1.82) is 0 Å². The molecule has 3 aromatic rings. The molecular weight excluding hydrogens is 314 g/mol. The third-order valence-electron chi connectivity index (χ3n) is 3.95. The summed E-state index contributed by atoms with van der Waals surface area (Å²) < 4.78 is 1.75. The minimum absolute atomic E-state index is 0.328. The number of hydrogen-bond donors (Lipinski definition) is 2. The average molecular weight is 330 g/mol. The zero-order chi connectivity index (χ0) is 15.6. The fourth-order valence-electron chi connectivity index (χ4n) is 2.77. The van der Waals surface area contributed by atoms with E-state index in [1.54, 1.807) is 35.5 Å². The highest BCUT2D eigenvalue weighted by Crippen LogP contribution is 2.26. The first-order valence-electron chi connectivity index (χ1n) is 7.59. The third-order valence-corrected chi connectivity index (χ3v) is 4.22. The molecule has 8 heteroatoms. The van der Waals surface area contributed by atoms with Crippen LogP contribution in [0.3, 0.4) is 0 Å². The molecule has 7 nitrogen and oxygen atoms in total. The lowest BCUT2D eigenvalue weighted by Crippen LogP contribution is -2.38. The molecule has 1 unspecified atom stereocenters. The van der Waals surface area contributed by atoms with E-state index in [0.717, 1.165) is 37.0 Å². The Hall–Kier alpha value is -2.25. The van der Waals surface area contributed by atoms with Crippen LogP contribution in [-0.4, -0.2) is 43.7 Å². The Kier molecular flexibility index (Phi) is 3.80. The Morgan fingerprint density at radius 3 is 3.13 bits per heavy atom. The SMILES string of the molecule is Clc1cnc(-c2cnn3ccncc23)nc1NC1CCCNC1. The van der Waals surface area contributed by atoms with Crippen molar-refractivity contribution in [2.45, 2.75) is 18.9 Å². The minimum Gasteiger partial charge on any atom is -0.365 e. The Balaban J connectivity index is 1.68. The quantitative estimate of drug-likeness (QED) is 0.765. The summed E-state index contributed by atoms with van der Waals surface area (Å²) in [4.78, 5) is 13.1. The Morgan fingerprint density at radius 2 is 2.26 bits per heavy atom. The summed E-state index contributed by atoms with van der Waals surface area (Å²) in [5.41, 5.74) is 1.69. The summed E-state index contributed by atoms with van der Waals surface area (Å²) in [7, 11) is 0. The summed E-state index contributed by atoms with van der Waals surface area (Å²) in [5, 5.41) is 11.6. The van der Waals surface area contributed by atoms with Gasteiger partial charge in [-0.2, -0.15) is 5.10 Å². The van der Waals surface area contributed by atoms with Gasteiger partial charge in [-0.15, -0.1) is 0 Å². The van der Waals surface area contributed by atoms with Crippen LogP contribution >= 0.6 is 11.6 Å². The van der Waals surface area contributed by atoms with Gasteiger partial charge in [0.05, 0.1) is 29.7 Å². The van der Waals surface area contributed by atoms with Crippen LogP contribution in [0.5, 0.6) is 0 Å². The number of nitrogens with zero attached hydrogens (tertiary/aromatic N) is 5. The molecular formula is C15H16ClN7. The van der Waals surface area contributed by atoms with Crippen molar-refractivity contribution in [3.63, 3.8) is 0 Å². The van der Waals surface area contributed by atoms with Crippen LogP contribution in [0.1, 0.15) is 12.8 Å². The predicted octanol–water partition coefficient (Wildman–Crippen LogP) is 2.00. The molecule has 0 amide bonds. The lowest BCUT2D eigenvalue weighted by atomic mass is 10.1. The van der Waals surface area contributed by atoms with Crippen molar-refractivity contribution in [2.75, 3.05) is 18.4 Å². The molecule has 23 heavy (non-hydrogen) atoms. The van der Waals surface area contributed by atoms with Crippen molar-refractivity contribution >= 4 is 22.9 Å². The summed E-state index contributed by atoms with van der Waals surface area (Å²) in [5.74, 6) is 1.25. The van der Waals surface area contributed by atoms with Crippen LogP contribution in [0.4, 0.5) is 5.82 Å². The van der Waals surface area contributed by atoms with E-state index in [-0.39, 0.29) is 0 Å². The molecule has 1 saturated heterocycles. The Labute approximate surface area is 138 Å². The molecule has 1 aliphatic heterocycles. The first-order chi connectivity index (χ1) is 11.3. The predicted molar refractivity (Wildman–Crippen MR) is 88.5 cm³/mol. The van der Waals surface area contributed by atoms with E-state index < -0.39 is 0 Å². The van der Waals surface area contributed by atoms with E-state index in [2.05, 4.69) is 30.7 Å². The third kappa shape index (κ3) is 2.85. The monoisotopic (exact) mass is 329 g/mol. The number of aromatic nitrogens is 5. The molecule has 4 rings (SSSR count). The van der Waals surface area contributed by atoms with Crippen molar-refractivity contribution in [3.05, 3.63) is 36.0 Å². The molecule has 0 aliphatic carbocycles. The van der Waals surface area contributed by atoms with Crippen molar-refractivity contribution in [1.82, 2.24) is 29.9 Å². The highest BCUT2D eigenvalue weighted by molar-refractivity contribution is 6.32. The molecule has 118 valence electrons. The number of hydrogen-bond acceptors (Lipinski definition) is 6. The van der Waals surface area contributed by atoms with Gasteiger partial charge >= 0.3 is 0 Å². The van der Waals surface area contributed by atoms with Crippen molar-refractivity contribution in [3.8, 4) is 11.4 Å². The Morgan fingerprint density at radius 1 is 1.30 bits per heavy atom. The van der Waals surface area contributed by atoms with E-state index in [4.69, 9.17) is 11.6 Å². The second-order valence-corrected chi connectivity index (χ2v) is 5.95. The van der Waals surface area contributed by atoms with E-state index in [1.807, 2.05) is 0 Å². The molecule has 2 N–H and O–H groups in total. The molecule has 1 aliphatic rings. The van der Waals surface area contributed by atoms with Crippen LogP contribution in [0, 0.1) is 0 Å². The lowest BCUT2D eigenvalue weighted by molar-refractivity contribution is 0.479. The van der Waals surface area contributed by atoms with Gasteiger partial charge in [-0.05, 0) is 19.4 Å². The minimum atomic E-state index is 0.328. The van der Waals surface area contributed by atoms with Crippen LogP contribution in [0.25, 0.3) is 16.9 Å². The standard InChI is InChI=1S/C15H16ClN7/c16-12-8-19-14(11-7-20-23-5-4-18-9-13(11)23)22-15(12)21-10-2-1-3-17-6-10/h4-5,7-10,17H,1-3,6H2,(H,19,21,22). The molecule has 1 fully saturated rings. The van der Waals surface area contributed by atoms with E-state index >= 15 is 0 Å². The second kappa shape index (κ2) is 6.10. The normalized spacial score (nSPS) is 18.2. The molecule has 0 aromatic carbocycles. The van der Waals surface area contributed by atoms with Crippen LogP contribution in [0.2, 0.25) is 5.02 Å². The topological polar surface area (TPSA) is 80.0 Å². The highest BCUT2D eigenvalue weighted by atomic mass is 35.5. The maximum absolute atomic E-state index is 6.25. The van der Waals surface area contributed by atoms with Crippen molar-refractivity contribution in [2.24, 2.45) is 0 Å². The maximum Gasteiger partial charge on any atom is 0.165 e. The first-order valence-corrected chi connectivity index (χ1v) is 7.96. The van der Waals surface area contributed by atoms with Crippen molar-refractivity contribution < 1.29 is 0 Å². The number of anilines is 1. The number of fused-ring (bicyclic) bond motifs is 1. The smallest absolute Gasteiger partial charge is 0.165 e. The van der Waals surface area contributed by atoms with Crippen LogP contribution in [0.15, 0.2) is 31.0 Å². The second-order valence-electron chi connectivity index (χ2n) is 5.54.